The van der Waals surface area contributed by atoms with Gasteiger partial charge in [-0.05, 0) is 47.9 Å². The molecule has 4 heteroatoms. The van der Waals surface area contributed by atoms with Crippen LogP contribution in [0.5, 0.6) is 0 Å². The van der Waals surface area contributed by atoms with Gasteiger partial charge in [0.25, 0.3) is 0 Å². The second-order valence-electron chi connectivity index (χ2n) is 5.01. The van der Waals surface area contributed by atoms with Crippen molar-refractivity contribution in [3.05, 3.63) is 77.5 Å². The van der Waals surface area contributed by atoms with Crippen LogP contribution in [0, 0.1) is 11.6 Å². The second-order valence-corrected chi connectivity index (χ2v) is 5.01. The standard InChI is InChI=1S/C17H14F2N2/c18-14-5-3-11(8-15(14)19)9-16(20)12-4-6-17-13(10-12)2-1-7-21-17/h1-8,10,16H,9,20H2. The van der Waals surface area contributed by atoms with Crippen molar-refractivity contribution >= 4 is 10.9 Å². The van der Waals surface area contributed by atoms with Gasteiger partial charge in [0.05, 0.1) is 5.52 Å². The summed E-state index contributed by atoms with van der Waals surface area (Å²) in [6, 6.07) is 13.2. The fraction of sp³-hybridized carbons (Fsp3) is 0.118. The molecule has 2 nitrogen and oxygen atoms in total. The molecule has 1 atom stereocenters. The highest BCUT2D eigenvalue weighted by Crippen LogP contribution is 2.21. The van der Waals surface area contributed by atoms with E-state index in [0.717, 1.165) is 22.5 Å². The number of aromatic nitrogens is 1. The van der Waals surface area contributed by atoms with Crippen LogP contribution in [0.25, 0.3) is 10.9 Å². The van der Waals surface area contributed by atoms with Crippen molar-refractivity contribution in [1.82, 2.24) is 4.98 Å². The first kappa shape index (κ1) is 13.6. The lowest BCUT2D eigenvalue weighted by molar-refractivity contribution is 0.506. The molecule has 0 saturated carbocycles. The molecule has 1 aromatic heterocycles. The smallest absolute Gasteiger partial charge is 0.159 e. The summed E-state index contributed by atoms with van der Waals surface area (Å²) >= 11 is 0. The molecule has 2 aromatic carbocycles. The molecule has 106 valence electrons. The quantitative estimate of drug-likeness (QED) is 0.795. The minimum atomic E-state index is -0.845. The summed E-state index contributed by atoms with van der Waals surface area (Å²) in [5.41, 5.74) is 8.69. The third-order valence-corrected chi connectivity index (χ3v) is 3.49. The lowest BCUT2D eigenvalue weighted by atomic mass is 9.98. The fourth-order valence-electron chi connectivity index (χ4n) is 2.36. The molecule has 1 heterocycles. The summed E-state index contributed by atoms with van der Waals surface area (Å²) in [6.45, 7) is 0. The monoisotopic (exact) mass is 284 g/mol. The highest BCUT2D eigenvalue weighted by Gasteiger charge is 2.10. The molecule has 0 spiro atoms. The summed E-state index contributed by atoms with van der Waals surface area (Å²) in [5, 5.41) is 1.01. The SMILES string of the molecule is NC(Cc1ccc(F)c(F)c1)c1ccc2ncccc2c1. The zero-order valence-corrected chi connectivity index (χ0v) is 11.3. The number of fused-ring (bicyclic) bond motifs is 1. The first-order valence-electron chi connectivity index (χ1n) is 6.67. The van der Waals surface area contributed by atoms with Crippen molar-refractivity contribution in [3.63, 3.8) is 0 Å². The second kappa shape index (κ2) is 5.58. The Morgan fingerprint density at radius 3 is 2.67 bits per heavy atom. The van der Waals surface area contributed by atoms with Crippen LogP contribution in [0.15, 0.2) is 54.7 Å². The van der Waals surface area contributed by atoms with E-state index in [-0.39, 0.29) is 6.04 Å². The Hall–Kier alpha value is -2.33. The third-order valence-electron chi connectivity index (χ3n) is 3.49. The molecule has 21 heavy (non-hydrogen) atoms. The summed E-state index contributed by atoms with van der Waals surface area (Å²) in [5.74, 6) is -1.69. The van der Waals surface area contributed by atoms with E-state index in [0.29, 0.717) is 12.0 Å². The van der Waals surface area contributed by atoms with Crippen LogP contribution in [0.2, 0.25) is 0 Å². The third kappa shape index (κ3) is 2.90. The number of hydrogen-bond acceptors (Lipinski definition) is 2. The highest BCUT2D eigenvalue weighted by atomic mass is 19.2. The van der Waals surface area contributed by atoms with Crippen LogP contribution in [-0.2, 0) is 6.42 Å². The van der Waals surface area contributed by atoms with E-state index >= 15 is 0 Å². The van der Waals surface area contributed by atoms with E-state index in [1.807, 2.05) is 30.3 Å². The number of rotatable bonds is 3. The highest BCUT2D eigenvalue weighted by molar-refractivity contribution is 5.79. The van der Waals surface area contributed by atoms with E-state index in [9.17, 15) is 8.78 Å². The lowest BCUT2D eigenvalue weighted by Gasteiger charge is -2.13. The average Bonchev–Trinajstić information content (AvgIpc) is 2.50. The van der Waals surface area contributed by atoms with Gasteiger partial charge in [-0.2, -0.15) is 0 Å². The van der Waals surface area contributed by atoms with Gasteiger partial charge < -0.3 is 5.73 Å². The minimum Gasteiger partial charge on any atom is -0.324 e. The van der Waals surface area contributed by atoms with E-state index in [1.165, 1.54) is 6.07 Å². The molecule has 2 N–H and O–H groups in total. The number of nitrogens with zero attached hydrogens (tertiary/aromatic N) is 1. The van der Waals surface area contributed by atoms with Gasteiger partial charge in [-0.3, -0.25) is 4.98 Å². The predicted octanol–water partition coefficient (Wildman–Crippen LogP) is 3.76. The van der Waals surface area contributed by atoms with Gasteiger partial charge in [0.1, 0.15) is 0 Å². The Morgan fingerprint density at radius 2 is 1.86 bits per heavy atom. The number of hydrogen-bond donors (Lipinski definition) is 1. The normalized spacial score (nSPS) is 12.5. The molecule has 0 saturated heterocycles. The maximum atomic E-state index is 13.2. The molecule has 0 radical (unpaired) electrons. The Bertz CT molecular complexity index is 787. The zero-order chi connectivity index (χ0) is 14.8. The molecule has 0 aliphatic carbocycles. The van der Waals surface area contributed by atoms with Crippen molar-refractivity contribution in [1.29, 1.82) is 0 Å². The summed E-state index contributed by atoms with van der Waals surface area (Å²) in [4.78, 5) is 4.25. The summed E-state index contributed by atoms with van der Waals surface area (Å²) in [6.07, 6.45) is 2.19. The van der Waals surface area contributed by atoms with Crippen LogP contribution in [0.4, 0.5) is 8.78 Å². The molecule has 0 fully saturated rings. The molecule has 0 aliphatic rings. The molecule has 0 amide bonds. The van der Waals surface area contributed by atoms with E-state index in [2.05, 4.69) is 4.98 Å². The van der Waals surface area contributed by atoms with E-state index in [4.69, 9.17) is 5.73 Å². The Labute approximate surface area is 121 Å². The van der Waals surface area contributed by atoms with Crippen LogP contribution < -0.4 is 5.73 Å². The van der Waals surface area contributed by atoms with Crippen molar-refractivity contribution in [2.75, 3.05) is 0 Å². The van der Waals surface area contributed by atoms with Gasteiger partial charge in [-0.25, -0.2) is 8.78 Å². The molecule has 3 aromatic rings. The fourth-order valence-corrected chi connectivity index (χ4v) is 2.36. The van der Waals surface area contributed by atoms with Gasteiger partial charge in [0.2, 0.25) is 0 Å². The van der Waals surface area contributed by atoms with E-state index < -0.39 is 11.6 Å². The Morgan fingerprint density at radius 1 is 1.00 bits per heavy atom. The number of benzene rings is 2. The van der Waals surface area contributed by atoms with Crippen LogP contribution in [0.3, 0.4) is 0 Å². The molecule has 0 bridgehead atoms. The predicted molar refractivity (Wildman–Crippen MR) is 78.7 cm³/mol. The van der Waals surface area contributed by atoms with Gasteiger partial charge >= 0.3 is 0 Å². The van der Waals surface area contributed by atoms with Crippen molar-refractivity contribution in [2.45, 2.75) is 12.5 Å². The molecular formula is C17H14F2N2. The minimum absolute atomic E-state index is 0.278. The van der Waals surface area contributed by atoms with Crippen LogP contribution >= 0.6 is 0 Å². The molecule has 1 unspecified atom stereocenters. The maximum absolute atomic E-state index is 13.2. The largest absolute Gasteiger partial charge is 0.324 e. The van der Waals surface area contributed by atoms with Crippen molar-refractivity contribution in [2.24, 2.45) is 5.73 Å². The van der Waals surface area contributed by atoms with Crippen LogP contribution in [-0.4, -0.2) is 4.98 Å². The van der Waals surface area contributed by atoms with Crippen LogP contribution in [0.1, 0.15) is 17.2 Å². The first-order valence-corrected chi connectivity index (χ1v) is 6.67. The topological polar surface area (TPSA) is 38.9 Å². The maximum Gasteiger partial charge on any atom is 0.159 e. The van der Waals surface area contributed by atoms with Gasteiger partial charge in [-0.15, -0.1) is 0 Å². The lowest BCUT2D eigenvalue weighted by Crippen LogP contribution is -2.13. The van der Waals surface area contributed by atoms with Gasteiger partial charge in [0, 0.05) is 17.6 Å². The van der Waals surface area contributed by atoms with Gasteiger partial charge in [-0.1, -0.05) is 18.2 Å². The average molecular weight is 284 g/mol. The van der Waals surface area contributed by atoms with Gasteiger partial charge in [0.15, 0.2) is 11.6 Å². The first-order chi connectivity index (χ1) is 10.1. The number of pyridine rings is 1. The Kier molecular flexibility index (Phi) is 3.62. The van der Waals surface area contributed by atoms with Crippen molar-refractivity contribution in [3.8, 4) is 0 Å². The van der Waals surface area contributed by atoms with Crippen molar-refractivity contribution < 1.29 is 8.78 Å². The molecule has 3 rings (SSSR count). The summed E-state index contributed by atoms with van der Waals surface area (Å²) < 4.78 is 26.1. The zero-order valence-electron chi connectivity index (χ0n) is 11.3. The summed E-state index contributed by atoms with van der Waals surface area (Å²) in [7, 11) is 0. The molecular weight excluding hydrogens is 270 g/mol. The molecule has 0 aliphatic heterocycles. The number of nitrogens with two attached hydrogens (primary N) is 1. The Balaban J connectivity index is 1.85. The van der Waals surface area contributed by atoms with E-state index in [1.54, 1.807) is 12.3 Å². The number of halogens is 2.